The molecule has 0 amide bonds. The first-order chi connectivity index (χ1) is 9.62. The molecule has 1 aromatic heterocycles. The van der Waals surface area contributed by atoms with E-state index in [-0.39, 0.29) is 22.6 Å². The van der Waals surface area contributed by atoms with Gasteiger partial charge in [-0.3, -0.25) is 10.1 Å². The van der Waals surface area contributed by atoms with Gasteiger partial charge < -0.3 is 15.3 Å². The quantitative estimate of drug-likeness (QED) is 0.582. The summed E-state index contributed by atoms with van der Waals surface area (Å²) in [6.07, 6.45) is 0. The van der Waals surface area contributed by atoms with Crippen LogP contribution >= 0.6 is 0 Å². The Morgan fingerprint density at radius 1 is 1.48 bits per heavy atom. The first-order valence-corrected chi connectivity index (χ1v) is 6.40. The Bertz CT molecular complexity index is 543. The molecule has 0 aromatic carbocycles. The molecule has 21 heavy (non-hydrogen) atoms. The second-order valence-corrected chi connectivity index (χ2v) is 5.88. The molecule has 0 unspecified atom stereocenters. The molecule has 1 rings (SSSR count). The van der Waals surface area contributed by atoms with Crippen molar-refractivity contribution in [2.45, 2.75) is 13.8 Å². The average Bonchev–Trinajstić information content (AvgIpc) is 2.34. The highest BCUT2D eigenvalue weighted by molar-refractivity contribution is 5.86. The van der Waals surface area contributed by atoms with Crippen LogP contribution in [-0.2, 0) is 0 Å². The van der Waals surface area contributed by atoms with Crippen molar-refractivity contribution < 1.29 is 14.8 Å². The fraction of sp³-hybridized carbons (Fsp3) is 0.538. The number of anilines is 1. The number of carboxylic acid groups (broad SMARTS) is 1. The third kappa shape index (κ3) is 4.99. The minimum absolute atomic E-state index is 0.0215. The first-order valence-electron chi connectivity index (χ1n) is 6.40. The second-order valence-electron chi connectivity index (χ2n) is 5.88. The molecule has 0 fully saturated rings. The Balaban J connectivity index is 2.97. The predicted molar refractivity (Wildman–Crippen MR) is 78.7 cm³/mol. The lowest BCUT2D eigenvalue weighted by molar-refractivity contribution is -0.384. The highest BCUT2D eigenvalue weighted by atomic mass is 16.6. The van der Waals surface area contributed by atoms with Crippen LogP contribution in [0.4, 0.5) is 11.5 Å². The van der Waals surface area contributed by atoms with E-state index in [0.717, 1.165) is 18.7 Å². The van der Waals surface area contributed by atoms with E-state index in [1.165, 1.54) is 0 Å². The topological polar surface area (TPSA) is 109 Å². The zero-order valence-electron chi connectivity index (χ0n) is 12.6. The van der Waals surface area contributed by atoms with E-state index in [9.17, 15) is 14.9 Å². The van der Waals surface area contributed by atoms with Crippen LogP contribution < -0.4 is 5.32 Å². The van der Waals surface area contributed by atoms with Crippen LogP contribution in [-0.4, -0.2) is 53.1 Å². The standard InChI is InChI=1S/C13H20N4O4/c1-13(2,8-16(3)4)7-14-11-10(17(20)21)6-5-9(15-11)12(18)19/h5-6H,7-8H2,1-4H3,(H,14,15)(H,18,19). The van der Waals surface area contributed by atoms with Gasteiger partial charge in [-0.15, -0.1) is 0 Å². The molecule has 116 valence electrons. The molecule has 0 bridgehead atoms. The van der Waals surface area contributed by atoms with Gasteiger partial charge in [-0.2, -0.15) is 0 Å². The van der Waals surface area contributed by atoms with Gasteiger partial charge in [-0.05, 0) is 25.6 Å². The van der Waals surface area contributed by atoms with Crippen LogP contribution in [0.1, 0.15) is 24.3 Å². The maximum Gasteiger partial charge on any atom is 0.354 e. The molecule has 0 radical (unpaired) electrons. The molecule has 0 atom stereocenters. The number of nitrogens with zero attached hydrogens (tertiary/aromatic N) is 3. The van der Waals surface area contributed by atoms with E-state index >= 15 is 0 Å². The Hall–Kier alpha value is -2.22. The van der Waals surface area contributed by atoms with E-state index in [2.05, 4.69) is 10.3 Å². The van der Waals surface area contributed by atoms with Gasteiger partial charge in [0.15, 0.2) is 5.69 Å². The zero-order valence-corrected chi connectivity index (χ0v) is 12.6. The highest BCUT2D eigenvalue weighted by Gasteiger charge is 2.23. The van der Waals surface area contributed by atoms with Gasteiger partial charge in [0.25, 0.3) is 0 Å². The molecule has 0 spiro atoms. The van der Waals surface area contributed by atoms with E-state index in [1.54, 1.807) is 0 Å². The number of aromatic nitrogens is 1. The zero-order chi connectivity index (χ0) is 16.2. The van der Waals surface area contributed by atoms with Crippen molar-refractivity contribution in [1.29, 1.82) is 0 Å². The monoisotopic (exact) mass is 296 g/mol. The maximum atomic E-state index is 11.0. The lowest BCUT2D eigenvalue weighted by Crippen LogP contribution is -2.34. The molecule has 0 aliphatic rings. The van der Waals surface area contributed by atoms with Crippen molar-refractivity contribution >= 4 is 17.5 Å². The molecule has 1 aromatic rings. The number of carboxylic acids is 1. The van der Waals surface area contributed by atoms with Crippen LogP contribution in [0.3, 0.4) is 0 Å². The lowest BCUT2D eigenvalue weighted by Gasteiger charge is -2.28. The van der Waals surface area contributed by atoms with Crippen LogP contribution in [0, 0.1) is 15.5 Å². The van der Waals surface area contributed by atoms with Crippen molar-refractivity contribution in [2.75, 3.05) is 32.5 Å². The first kappa shape index (κ1) is 16.8. The molecule has 8 nitrogen and oxygen atoms in total. The number of hydrogen-bond donors (Lipinski definition) is 2. The second kappa shape index (κ2) is 6.49. The van der Waals surface area contributed by atoms with Gasteiger partial charge in [0.2, 0.25) is 5.82 Å². The smallest absolute Gasteiger partial charge is 0.354 e. The Labute approximate surface area is 122 Å². The fourth-order valence-corrected chi connectivity index (χ4v) is 2.08. The van der Waals surface area contributed by atoms with Crippen molar-refractivity contribution in [2.24, 2.45) is 5.41 Å². The summed E-state index contributed by atoms with van der Waals surface area (Å²) < 4.78 is 0. The number of pyridine rings is 1. The molecule has 1 heterocycles. The number of aromatic carboxylic acids is 1. The molecule has 2 N–H and O–H groups in total. The van der Waals surface area contributed by atoms with Crippen LogP contribution in [0.2, 0.25) is 0 Å². The van der Waals surface area contributed by atoms with Gasteiger partial charge in [0, 0.05) is 19.2 Å². The largest absolute Gasteiger partial charge is 0.477 e. The molecule has 0 saturated carbocycles. The molecule has 0 saturated heterocycles. The van der Waals surface area contributed by atoms with Gasteiger partial charge in [-0.1, -0.05) is 13.8 Å². The van der Waals surface area contributed by atoms with Crippen molar-refractivity contribution in [3.63, 3.8) is 0 Å². The average molecular weight is 296 g/mol. The van der Waals surface area contributed by atoms with E-state index in [4.69, 9.17) is 5.11 Å². The minimum atomic E-state index is -1.22. The number of hydrogen-bond acceptors (Lipinski definition) is 6. The molecule has 0 aliphatic carbocycles. The lowest BCUT2D eigenvalue weighted by atomic mass is 9.93. The summed E-state index contributed by atoms with van der Waals surface area (Å²) >= 11 is 0. The summed E-state index contributed by atoms with van der Waals surface area (Å²) in [5, 5.41) is 22.8. The number of carbonyl (C=O) groups is 1. The van der Waals surface area contributed by atoms with E-state index < -0.39 is 10.9 Å². The normalized spacial score (nSPS) is 11.5. The summed E-state index contributed by atoms with van der Waals surface area (Å²) in [4.78, 5) is 27.1. The summed E-state index contributed by atoms with van der Waals surface area (Å²) in [5.74, 6) is -1.24. The summed E-state index contributed by atoms with van der Waals surface area (Å²) in [7, 11) is 3.88. The molecular weight excluding hydrogens is 276 g/mol. The fourth-order valence-electron chi connectivity index (χ4n) is 2.08. The third-order valence-corrected chi connectivity index (χ3v) is 2.77. The molecule has 8 heteroatoms. The minimum Gasteiger partial charge on any atom is -0.477 e. The van der Waals surface area contributed by atoms with E-state index in [1.807, 2.05) is 32.8 Å². The number of nitrogens with one attached hydrogen (secondary N) is 1. The van der Waals surface area contributed by atoms with Gasteiger partial charge in [-0.25, -0.2) is 9.78 Å². The third-order valence-electron chi connectivity index (χ3n) is 2.77. The van der Waals surface area contributed by atoms with Crippen LogP contribution in [0.15, 0.2) is 12.1 Å². The highest BCUT2D eigenvalue weighted by Crippen LogP contribution is 2.24. The summed E-state index contributed by atoms with van der Waals surface area (Å²) in [6, 6.07) is 2.27. The van der Waals surface area contributed by atoms with Crippen molar-refractivity contribution in [3.05, 3.63) is 27.9 Å². The van der Waals surface area contributed by atoms with Crippen LogP contribution in [0.25, 0.3) is 0 Å². The summed E-state index contributed by atoms with van der Waals surface area (Å²) in [6.45, 7) is 5.22. The van der Waals surface area contributed by atoms with Crippen molar-refractivity contribution in [1.82, 2.24) is 9.88 Å². The SMILES string of the molecule is CN(C)CC(C)(C)CNc1nc(C(=O)O)ccc1[N+](=O)[O-]. The summed E-state index contributed by atoms with van der Waals surface area (Å²) in [5.41, 5.74) is -0.618. The predicted octanol–water partition coefficient (Wildman–Crippen LogP) is 1.69. The van der Waals surface area contributed by atoms with Crippen molar-refractivity contribution in [3.8, 4) is 0 Å². The maximum absolute atomic E-state index is 11.0. The number of nitro groups is 1. The van der Waals surface area contributed by atoms with Crippen LogP contribution in [0.5, 0.6) is 0 Å². The Morgan fingerprint density at radius 3 is 2.57 bits per heavy atom. The van der Waals surface area contributed by atoms with Gasteiger partial charge in [0.05, 0.1) is 4.92 Å². The number of rotatable bonds is 7. The molecule has 0 aliphatic heterocycles. The van der Waals surface area contributed by atoms with Gasteiger partial charge in [0.1, 0.15) is 0 Å². The molecular formula is C13H20N4O4. The van der Waals surface area contributed by atoms with E-state index in [0.29, 0.717) is 6.54 Å². The Kier molecular flexibility index (Phi) is 5.20. The Morgan fingerprint density at radius 2 is 2.10 bits per heavy atom. The van der Waals surface area contributed by atoms with Gasteiger partial charge >= 0.3 is 11.7 Å².